The number of rotatable bonds is 7. The molecule has 2 aromatic carbocycles. The fraction of sp³-hybridized carbons (Fsp3) is 0.273. The highest BCUT2D eigenvalue weighted by atomic mass is 35.5. The van der Waals surface area contributed by atoms with Crippen LogP contribution in [-0.4, -0.2) is 24.8 Å². The molecule has 0 saturated carbocycles. The summed E-state index contributed by atoms with van der Waals surface area (Å²) in [5, 5.41) is 7.24. The normalized spacial score (nSPS) is 15.9. The molecule has 8 heteroatoms. The van der Waals surface area contributed by atoms with Crippen molar-refractivity contribution in [2.24, 2.45) is 0 Å². The molecule has 0 spiro atoms. The molecule has 158 valence electrons. The van der Waals surface area contributed by atoms with Crippen LogP contribution in [0.4, 0.5) is 0 Å². The Bertz CT molecular complexity index is 976. The Morgan fingerprint density at radius 1 is 1.17 bits per heavy atom. The minimum absolute atomic E-state index is 0.285. The summed E-state index contributed by atoms with van der Waals surface area (Å²) in [5.41, 5.74) is 2.92. The van der Waals surface area contributed by atoms with Gasteiger partial charge in [-0.2, -0.15) is 0 Å². The summed E-state index contributed by atoms with van der Waals surface area (Å²) in [4.78, 5) is 12.5. The molecule has 0 radical (unpaired) electrons. The van der Waals surface area contributed by atoms with Gasteiger partial charge in [-0.3, -0.25) is 0 Å². The molecule has 1 aliphatic heterocycles. The Morgan fingerprint density at radius 3 is 2.57 bits per heavy atom. The number of carbonyl (C=O) groups is 1. The molecule has 0 aliphatic carbocycles. The van der Waals surface area contributed by atoms with E-state index in [4.69, 9.17) is 38.0 Å². The van der Waals surface area contributed by atoms with Gasteiger partial charge in [0.15, 0.2) is 16.6 Å². The lowest BCUT2D eigenvalue weighted by molar-refractivity contribution is -0.139. The fourth-order valence-electron chi connectivity index (χ4n) is 3.15. The van der Waals surface area contributed by atoms with E-state index < -0.39 is 12.0 Å². The van der Waals surface area contributed by atoms with E-state index in [0.29, 0.717) is 39.5 Å². The van der Waals surface area contributed by atoms with Crippen molar-refractivity contribution < 1.29 is 19.0 Å². The van der Waals surface area contributed by atoms with Crippen LogP contribution in [0.2, 0.25) is 5.02 Å². The van der Waals surface area contributed by atoms with Gasteiger partial charge in [-0.25, -0.2) is 4.79 Å². The van der Waals surface area contributed by atoms with Crippen molar-refractivity contribution in [3.63, 3.8) is 0 Å². The Balaban J connectivity index is 1.86. The van der Waals surface area contributed by atoms with Gasteiger partial charge in [0.1, 0.15) is 6.61 Å². The molecule has 1 aliphatic rings. The molecule has 2 aromatic rings. The molecule has 1 heterocycles. The number of ether oxygens (including phenoxy) is 3. The molecule has 0 saturated heterocycles. The summed E-state index contributed by atoms with van der Waals surface area (Å²) < 4.78 is 16.7. The Morgan fingerprint density at radius 2 is 1.90 bits per heavy atom. The van der Waals surface area contributed by atoms with E-state index in [-0.39, 0.29) is 6.61 Å². The second-order valence-electron chi connectivity index (χ2n) is 6.62. The van der Waals surface area contributed by atoms with Crippen LogP contribution in [0.3, 0.4) is 0 Å². The number of allylic oxidation sites excluding steroid dienone is 1. The zero-order valence-corrected chi connectivity index (χ0v) is 18.5. The first-order chi connectivity index (χ1) is 14.4. The monoisotopic (exact) mass is 446 g/mol. The van der Waals surface area contributed by atoms with E-state index in [9.17, 15) is 4.79 Å². The van der Waals surface area contributed by atoms with E-state index >= 15 is 0 Å². The van der Waals surface area contributed by atoms with Crippen molar-refractivity contribution in [3.8, 4) is 11.5 Å². The molecule has 0 unspecified atom stereocenters. The number of halogens is 1. The highest BCUT2D eigenvalue weighted by Crippen LogP contribution is 2.35. The smallest absolute Gasteiger partial charge is 0.338 e. The summed E-state index contributed by atoms with van der Waals surface area (Å²) in [6, 6.07) is 12.5. The number of hydrogen-bond donors (Lipinski definition) is 2. The van der Waals surface area contributed by atoms with Crippen LogP contribution >= 0.6 is 23.8 Å². The van der Waals surface area contributed by atoms with Gasteiger partial charge in [-0.05, 0) is 61.5 Å². The summed E-state index contributed by atoms with van der Waals surface area (Å²) in [6.07, 6.45) is 0. The van der Waals surface area contributed by atoms with Crippen molar-refractivity contribution >= 4 is 34.9 Å². The zero-order chi connectivity index (χ0) is 21.7. The maximum atomic E-state index is 12.5. The van der Waals surface area contributed by atoms with Gasteiger partial charge < -0.3 is 24.8 Å². The lowest BCUT2D eigenvalue weighted by Gasteiger charge is -2.30. The second kappa shape index (κ2) is 9.82. The number of benzene rings is 2. The molecule has 3 rings (SSSR count). The van der Waals surface area contributed by atoms with Gasteiger partial charge in [0, 0.05) is 10.7 Å². The number of methoxy groups -OCH3 is 1. The second-order valence-corrected chi connectivity index (χ2v) is 7.46. The highest BCUT2D eigenvalue weighted by molar-refractivity contribution is 7.80. The van der Waals surface area contributed by atoms with Crippen molar-refractivity contribution in [2.45, 2.75) is 26.5 Å². The van der Waals surface area contributed by atoms with E-state index in [2.05, 4.69) is 10.6 Å². The van der Waals surface area contributed by atoms with Crippen molar-refractivity contribution in [1.29, 1.82) is 0 Å². The zero-order valence-electron chi connectivity index (χ0n) is 17.0. The molecule has 0 aromatic heterocycles. The van der Waals surface area contributed by atoms with Crippen LogP contribution in [0.15, 0.2) is 53.7 Å². The Labute approximate surface area is 186 Å². The first-order valence-corrected chi connectivity index (χ1v) is 10.2. The van der Waals surface area contributed by atoms with Crippen molar-refractivity contribution in [3.05, 3.63) is 69.9 Å². The Kier molecular flexibility index (Phi) is 7.18. The number of thiocarbonyl (C=S) groups is 1. The standard InChI is InChI=1S/C22H23ClN2O4S/c1-4-28-21(26)19-13(2)24-22(30)25-20(19)15-7-10-17(18(11-15)27-3)29-12-14-5-8-16(23)9-6-14/h5-11,20H,4,12H2,1-3H3,(H2,24,25,30)/t20-/m0/s1. The number of nitrogens with one attached hydrogen (secondary N) is 2. The molecule has 0 bridgehead atoms. The van der Waals surface area contributed by atoms with Crippen LogP contribution in [0, 0.1) is 0 Å². The van der Waals surface area contributed by atoms with Crippen LogP contribution in [0.25, 0.3) is 0 Å². The molecule has 30 heavy (non-hydrogen) atoms. The summed E-state index contributed by atoms with van der Waals surface area (Å²) >= 11 is 11.2. The molecule has 1 atom stereocenters. The number of carbonyl (C=O) groups excluding carboxylic acids is 1. The van der Waals surface area contributed by atoms with E-state index in [1.807, 2.05) is 42.5 Å². The minimum atomic E-state index is -0.461. The first-order valence-electron chi connectivity index (χ1n) is 9.43. The van der Waals surface area contributed by atoms with Gasteiger partial charge in [0.25, 0.3) is 0 Å². The lowest BCUT2D eigenvalue weighted by atomic mass is 9.95. The fourth-order valence-corrected chi connectivity index (χ4v) is 3.54. The van der Waals surface area contributed by atoms with E-state index in [0.717, 1.165) is 11.1 Å². The SMILES string of the molecule is CCOC(=O)C1=C(C)NC(=S)N[C@H]1c1ccc(OCc2ccc(Cl)cc2)c(OC)c1. The third kappa shape index (κ3) is 5.04. The molecular formula is C22H23ClN2O4S. The Hall–Kier alpha value is -2.77. The summed E-state index contributed by atoms with van der Waals surface area (Å²) in [6.45, 7) is 4.23. The third-order valence-corrected chi connectivity index (χ3v) is 5.06. The summed E-state index contributed by atoms with van der Waals surface area (Å²) in [5.74, 6) is 0.740. The molecule has 0 amide bonds. The van der Waals surface area contributed by atoms with Crippen LogP contribution in [0.5, 0.6) is 11.5 Å². The highest BCUT2D eigenvalue weighted by Gasteiger charge is 2.31. The van der Waals surface area contributed by atoms with Gasteiger partial charge in [0.2, 0.25) is 0 Å². The van der Waals surface area contributed by atoms with Crippen LogP contribution < -0.4 is 20.1 Å². The topological polar surface area (TPSA) is 68.8 Å². The summed E-state index contributed by atoms with van der Waals surface area (Å²) in [7, 11) is 1.57. The number of hydrogen-bond acceptors (Lipinski definition) is 5. The van der Waals surface area contributed by atoms with Gasteiger partial charge in [-0.15, -0.1) is 0 Å². The van der Waals surface area contributed by atoms with Crippen molar-refractivity contribution in [2.75, 3.05) is 13.7 Å². The quantitative estimate of drug-likeness (QED) is 0.485. The maximum Gasteiger partial charge on any atom is 0.338 e. The van der Waals surface area contributed by atoms with E-state index in [1.54, 1.807) is 21.0 Å². The predicted octanol–water partition coefficient (Wildman–Crippen LogP) is 4.28. The first kappa shape index (κ1) is 21.9. The number of esters is 1. The van der Waals surface area contributed by atoms with Gasteiger partial charge >= 0.3 is 5.97 Å². The van der Waals surface area contributed by atoms with E-state index in [1.165, 1.54) is 0 Å². The van der Waals surface area contributed by atoms with Crippen LogP contribution in [0.1, 0.15) is 31.0 Å². The van der Waals surface area contributed by atoms with Crippen LogP contribution in [-0.2, 0) is 16.1 Å². The maximum absolute atomic E-state index is 12.5. The van der Waals surface area contributed by atoms with Gasteiger partial charge in [0.05, 0.1) is 25.3 Å². The predicted molar refractivity (Wildman–Crippen MR) is 120 cm³/mol. The van der Waals surface area contributed by atoms with Crippen molar-refractivity contribution in [1.82, 2.24) is 10.6 Å². The molecule has 0 fully saturated rings. The van der Waals surface area contributed by atoms with Gasteiger partial charge in [-0.1, -0.05) is 29.8 Å². The minimum Gasteiger partial charge on any atom is -0.493 e. The average molecular weight is 447 g/mol. The molecule has 2 N–H and O–H groups in total. The molecule has 6 nitrogen and oxygen atoms in total. The third-order valence-electron chi connectivity index (χ3n) is 4.59. The molecular weight excluding hydrogens is 424 g/mol. The largest absolute Gasteiger partial charge is 0.493 e. The lowest BCUT2D eigenvalue weighted by Crippen LogP contribution is -2.45. The average Bonchev–Trinajstić information content (AvgIpc) is 2.72.